The molecule has 0 aliphatic heterocycles. The highest BCUT2D eigenvalue weighted by Gasteiger charge is 2.31. The standard InChI is InChI=1S/C12H13Cl2F3N4O3S2/c1-3-21-10(18-19-11(21)24-5-12(15,16)17)6(2)20-26(22,23)8-4-7(13)9(14)25-8/h4,6,20H,3,5H2,1-2H3/t6-/m1/s1. The SMILES string of the molecule is CCn1c(OCC(F)(F)F)nnc1[C@@H](C)NS(=O)(=O)c1cc(Cl)c(Cl)s1. The van der Waals surface area contributed by atoms with Crippen molar-refractivity contribution in [2.24, 2.45) is 0 Å². The van der Waals surface area contributed by atoms with Crippen LogP contribution >= 0.6 is 34.5 Å². The molecule has 0 spiro atoms. The fraction of sp³-hybridized carbons (Fsp3) is 0.500. The van der Waals surface area contributed by atoms with Gasteiger partial charge in [0.05, 0.1) is 11.1 Å². The monoisotopic (exact) mass is 452 g/mol. The molecule has 0 saturated heterocycles. The smallest absolute Gasteiger partial charge is 0.422 e. The Morgan fingerprint density at radius 1 is 1.38 bits per heavy atom. The third-order valence-corrected chi connectivity index (χ3v) is 6.91. The molecule has 26 heavy (non-hydrogen) atoms. The maximum absolute atomic E-state index is 12.4. The number of hydrogen-bond donors (Lipinski definition) is 1. The van der Waals surface area contributed by atoms with Crippen molar-refractivity contribution in [3.8, 4) is 6.01 Å². The second-order valence-electron chi connectivity index (χ2n) is 5.02. The Bertz CT molecular complexity index is 863. The minimum Gasteiger partial charge on any atom is -0.454 e. The van der Waals surface area contributed by atoms with Gasteiger partial charge in [0, 0.05) is 6.54 Å². The fourth-order valence-corrected chi connectivity index (χ4v) is 5.07. The van der Waals surface area contributed by atoms with Crippen LogP contribution in [0.15, 0.2) is 10.3 Å². The lowest BCUT2D eigenvalue weighted by molar-refractivity contribution is -0.155. The summed E-state index contributed by atoms with van der Waals surface area (Å²) in [4.78, 5) is 0. The molecule has 0 saturated carbocycles. The summed E-state index contributed by atoms with van der Waals surface area (Å²) in [6, 6.07) is -0.0464. The third kappa shape index (κ3) is 5.00. The molecule has 14 heteroatoms. The molecule has 146 valence electrons. The second-order valence-corrected chi connectivity index (χ2v) is 9.02. The Balaban J connectivity index is 2.21. The quantitative estimate of drug-likeness (QED) is 0.692. The normalized spacial score (nSPS) is 13.8. The van der Waals surface area contributed by atoms with Gasteiger partial charge in [-0.05, 0) is 19.9 Å². The first-order chi connectivity index (χ1) is 11.9. The van der Waals surface area contributed by atoms with Gasteiger partial charge < -0.3 is 4.74 Å². The molecule has 2 aromatic rings. The Hall–Kier alpha value is -1.08. The Labute approximate surface area is 161 Å². The van der Waals surface area contributed by atoms with E-state index in [1.54, 1.807) is 6.92 Å². The summed E-state index contributed by atoms with van der Waals surface area (Å²) in [6.45, 7) is 1.75. The molecular formula is C12H13Cl2F3N4O3S2. The predicted octanol–water partition coefficient (Wildman–Crippen LogP) is 3.65. The number of halogens is 5. The van der Waals surface area contributed by atoms with E-state index in [4.69, 9.17) is 23.2 Å². The Kier molecular flexibility index (Phi) is 6.44. The van der Waals surface area contributed by atoms with Gasteiger partial charge in [0.25, 0.3) is 10.0 Å². The maximum Gasteiger partial charge on any atom is 0.422 e. The van der Waals surface area contributed by atoms with Crippen molar-refractivity contribution in [1.29, 1.82) is 0 Å². The molecule has 0 unspecified atom stereocenters. The van der Waals surface area contributed by atoms with Crippen LogP contribution in [0.25, 0.3) is 0 Å². The van der Waals surface area contributed by atoms with E-state index in [1.807, 2.05) is 0 Å². The van der Waals surface area contributed by atoms with Gasteiger partial charge in [-0.3, -0.25) is 4.57 Å². The summed E-state index contributed by atoms with van der Waals surface area (Å²) in [6.07, 6.45) is -4.53. The highest BCUT2D eigenvalue weighted by Crippen LogP contribution is 2.34. The number of rotatable bonds is 7. The number of hydrogen-bond acceptors (Lipinski definition) is 6. The number of nitrogens with one attached hydrogen (secondary N) is 1. The first-order valence-electron chi connectivity index (χ1n) is 7.04. The summed E-state index contributed by atoms with van der Waals surface area (Å²) >= 11 is 12.3. The van der Waals surface area contributed by atoms with E-state index in [1.165, 1.54) is 17.6 Å². The molecule has 2 heterocycles. The number of aromatic nitrogens is 3. The average Bonchev–Trinajstić information content (AvgIpc) is 3.08. The molecule has 0 radical (unpaired) electrons. The Morgan fingerprint density at radius 2 is 2.04 bits per heavy atom. The van der Waals surface area contributed by atoms with Crippen LogP contribution in [0.2, 0.25) is 9.36 Å². The van der Waals surface area contributed by atoms with Crippen LogP contribution in [0.3, 0.4) is 0 Å². The van der Waals surface area contributed by atoms with Crippen molar-refractivity contribution in [2.75, 3.05) is 6.61 Å². The summed E-state index contributed by atoms with van der Waals surface area (Å²) in [5.41, 5.74) is 0. The molecule has 0 amide bonds. The van der Waals surface area contributed by atoms with E-state index in [2.05, 4.69) is 19.7 Å². The van der Waals surface area contributed by atoms with Gasteiger partial charge in [-0.1, -0.05) is 28.3 Å². The van der Waals surface area contributed by atoms with Crippen LogP contribution in [-0.4, -0.2) is 36.0 Å². The van der Waals surface area contributed by atoms with E-state index in [0.29, 0.717) is 0 Å². The predicted molar refractivity (Wildman–Crippen MR) is 90.3 cm³/mol. The topological polar surface area (TPSA) is 86.1 Å². The van der Waals surface area contributed by atoms with Crippen molar-refractivity contribution in [3.05, 3.63) is 21.2 Å². The molecule has 2 aromatic heterocycles. The molecule has 2 rings (SSSR count). The summed E-state index contributed by atoms with van der Waals surface area (Å²) in [7, 11) is -3.96. The average molecular weight is 453 g/mol. The van der Waals surface area contributed by atoms with Crippen LogP contribution in [0.4, 0.5) is 13.2 Å². The van der Waals surface area contributed by atoms with Gasteiger partial charge >= 0.3 is 12.2 Å². The lowest BCUT2D eigenvalue weighted by Gasteiger charge is -2.15. The van der Waals surface area contributed by atoms with Crippen LogP contribution in [0, 0.1) is 0 Å². The third-order valence-electron chi connectivity index (χ3n) is 3.03. The van der Waals surface area contributed by atoms with Crippen LogP contribution in [0.1, 0.15) is 25.7 Å². The van der Waals surface area contributed by atoms with Gasteiger partial charge in [-0.25, -0.2) is 8.42 Å². The zero-order chi connectivity index (χ0) is 19.7. The largest absolute Gasteiger partial charge is 0.454 e. The first-order valence-corrected chi connectivity index (χ1v) is 10.1. The van der Waals surface area contributed by atoms with E-state index in [0.717, 1.165) is 11.3 Å². The number of nitrogens with zero attached hydrogens (tertiary/aromatic N) is 3. The van der Waals surface area contributed by atoms with Crippen molar-refractivity contribution >= 4 is 44.6 Å². The zero-order valence-corrected chi connectivity index (χ0v) is 16.5. The summed E-state index contributed by atoms with van der Waals surface area (Å²) < 4.78 is 69.9. The minimum atomic E-state index is -4.53. The number of sulfonamides is 1. The highest BCUT2D eigenvalue weighted by atomic mass is 35.5. The van der Waals surface area contributed by atoms with Crippen molar-refractivity contribution in [3.63, 3.8) is 0 Å². The molecule has 1 atom stereocenters. The summed E-state index contributed by atoms with van der Waals surface area (Å²) in [5, 5.41) is 7.38. The molecular weight excluding hydrogens is 440 g/mol. The van der Waals surface area contributed by atoms with Gasteiger partial charge in [-0.2, -0.15) is 17.9 Å². The van der Waals surface area contributed by atoms with Crippen molar-refractivity contribution < 1.29 is 26.3 Å². The van der Waals surface area contributed by atoms with Crippen molar-refractivity contribution in [1.82, 2.24) is 19.5 Å². The van der Waals surface area contributed by atoms with Crippen LogP contribution in [-0.2, 0) is 16.6 Å². The van der Waals surface area contributed by atoms with Crippen LogP contribution in [0.5, 0.6) is 6.01 Å². The molecule has 0 aliphatic rings. The number of ether oxygens (including phenoxy) is 1. The molecule has 7 nitrogen and oxygen atoms in total. The van der Waals surface area contributed by atoms with Gasteiger partial charge in [-0.15, -0.1) is 16.4 Å². The van der Waals surface area contributed by atoms with Gasteiger partial charge in [0.1, 0.15) is 8.55 Å². The van der Waals surface area contributed by atoms with Crippen molar-refractivity contribution in [2.45, 2.75) is 36.8 Å². The lowest BCUT2D eigenvalue weighted by atomic mass is 10.3. The number of alkyl halides is 3. The molecule has 0 aromatic carbocycles. The molecule has 0 aliphatic carbocycles. The van der Waals surface area contributed by atoms with E-state index < -0.39 is 28.8 Å². The fourth-order valence-electron chi connectivity index (χ4n) is 1.97. The Morgan fingerprint density at radius 3 is 2.54 bits per heavy atom. The van der Waals surface area contributed by atoms with E-state index in [-0.39, 0.29) is 31.9 Å². The molecule has 0 bridgehead atoms. The van der Waals surface area contributed by atoms with E-state index in [9.17, 15) is 21.6 Å². The first kappa shape index (κ1) is 21.2. The lowest BCUT2D eigenvalue weighted by Crippen LogP contribution is -2.28. The maximum atomic E-state index is 12.4. The van der Waals surface area contributed by atoms with E-state index >= 15 is 0 Å². The second kappa shape index (κ2) is 7.89. The molecule has 0 fully saturated rings. The van der Waals surface area contributed by atoms with Gasteiger partial charge in [0.15, 0.2) is 12.4 Å². The molecule has 1 N–H and O–H groups in total. The number of thiophene rings is 1. The zero-order valence-electron chi connectivity index (χ0n) is 13.3. The minimum absolute atomic E-state index is 0.0991. The van der Waals surface area contributed by atoms with Crippen LogP contribution < -0.4 is 9.46 Å². The summed E-state index contributed by atoms with van der Waals surface area (Å²) in [5.74, 6) is 0.0991. The highest BCUT2D eigenvalue weighted by molar-refractivity contribution is 7.91. The van der Waals surface area contributed by atoms with Gasteiger partial charge in [0.2, 0.25) is 0 Å².